The number of carbonyl (C=O) groups excluding carboxylic acids is 1. The van der Waals surface area contributed by atoms with Crippen LogP contribution in [0.15, 0.2) is 30.3 Å². The molecule has 4 heteroatoms. The SMILES string of the molecule is CCOC(=O)C=Cc1ccc(N(C)CCO)cc1. The fourth-order valence-corrected chi connectivity index (χ4v) is 1.47. The molecule has 0 aromatic heterocycles. The Morgan fingerprint density at radius 3 is 2.61 bits per heavy atom. The van der Waals surface area contributed by atoms with Gasteiger partial charge in [-0.3, -0.25) is 0 Å². The molecular formula is C14H19NO3. The molecule has 0 aliphatic carbocycles. The highest BCUT2D eigenvalue weighted by Gasteiger charge is 1.99. The zero-order valence-electron chi connectivity index (χ0n) is 10.8. The van der Waals surface area contributed by atoms with E-state index in [-0.39, 0.29) is 12.6 Å². The first-order valence-electron chi connectivity index (χ1n) is 5.94. The zero-order chi connectivity index (χ0) is 13.4. The van der Waals surface area contributed by atoms with Gasteiger partial charge in [-0.05, 0) is 30.7 Å². The molecule has 1 aromatic rings. The van der Waals surface area contributed by atoms with E-state index < -0.39 is 0 Å². The van der Waals surface area contributed by atoms with Crippen molar-refractivity contribution in [3.63, 3.8) is 0 Å². The summed E-state index contributed by atoms with van der Waals surface area (Å²) in [7, 11) is 1.92. The Morgan fingerprint density at radius 2 is 2.06 bits per heavy atom. The highest BCUT2D eigenvalue weighted by atomic mass is 16.5. The highest BCUT2D eigenvalue weighted by Crippen LogP contribution is 2.14. The number of esters is 1. The van der Waals surface area contributed by atoms with E-state index in [2.05, 4.69) is 0 Å². The molecule has 0 spiro atoms. The highest BCUT2D eigenvalue weighted by molar-refractivity contribution is 5.87. The minimum Gasteiger partial charge on any atom is -0.463 e. The second-order valence-corrected chi connectivity index (χ2v) is 3.82. The maximum absolute atomic E-state index is 11.1. The van der Waals surface area contributed by atoms with Crippen LogP contribution in [-0.4, -0.2) is 37.9 Å². The molecule has 18 heavy (non-hydrogen) atoms. The number of hydrogen-bond donors (Lipinski definition) is 1. The molecule has 0 heterocycles. The Kier molecular flexibility index (Phi) is 5.94. The summed E-state index contributed by atoms with van der Waals surface area (Å²) in [6, 6.07) is 7.72. The Balaban J connectivity index is 2.62. The number of carbonyl (C=O) groups is 1. The van der Waals surface area contributed by atoms with Crippen molar-refractivity contribution >= 4 is 17.7 Å². The predicted octanol–water partition coefficient (Wildman–Crippen LogP) is 1.69. The van der Waals surface area contributed by atoms with Crippen LogP contribution in [0.25, 0.3) is 6.08 Å². The fourth-order valence-electron chi connectivity index (χ4n) is 1.47. The van der Waals surface area contributed by atoms with Crippen LogP contribution in [0.4, 0.5) is 5.69 Å². The van der Waals surface area contributed by atoms with E-state index in [1.165, 1.54) is 6.08 Å². The molecule has 1 aromatic carbocycles. The minimum absolute atomic E-state index is 0.126. The van der Waals surface area contributed by atoms with E-state index in [1.807, 2.05) is 36.2 Å². The first-order chi connectivity index (χ1) is 8.67. The van der Waals surface area contributed by atoms with Gasteiger partial charge >= 0.3 is 5.97 Å². The molecule has 1 N–H and O–H groups in total. The van der Waals surface area contributed by atoms with E-state index in [1.54, 1.807) is 13.0 Å². The van der Waals surface area contributed by atoms with Crippen LogP contribution in [0.3, 0.4) is 0 Å². The van der Waals surface area contributed by atoms with Crippen molar-refractivity contribution in [3.8, 4) is 0 Å². The number of ether oxygens (including phenoxy) is 1. The summed E-state index contributed by atoms with van der Waals surface area (Å²) in [6.07, 6.45) is 3.13. The minimum atomic E-state index is -0.334. The molecule has 0 aliphatic rings. The number of anilines is 1. The standard InChI is InChI=1S/C14H19NO3/c1-3-18-14(17)9-6-12-4-7-13(8-5-12)15(2)10-11-16/h4-9,16H,3,10-11H2,1-2H3. The van der Waals surface area contributed by atoms with E-state index in [4.69, 9.17) is 9.84 Å². The van der Waals surface area contributed by atoms with Crippen molar-refractivity contribution in [2.24, 2.45) is 0 Å². The second kappa shape index (κ2) is 7.50. The van der Waals surface area contributed by atoms with Crippen molar-refractivity contribution in [2.75, 3.05) is 31.7 Å². The second-order valence-electron chi connectivity index (χ2n) is 3.82. The summed E-state index contributed by atoms with van der Waals surface area (Å²) in [5.41, 5.74) is 1.96. The average Bonchev–Trinajstić information content (AvgIpc) is 2.37. The Hall–Kier alpha value is -1.81. The van der Waals surface area contributed by atoms with Gasteiger partial charge in [0.2, 0.25) is 0 Å². The van der Waals surface area contributed by atoms with E-state index in [9.17, 15) is 4.79 Å². The van der Waals surface area contributed by atoms with Gasteiger partial charge in [0.15, 0.2) is 0 Å². The molecular weight excluding hydrogens is 230 g/mol. The molecule has 4 nitrogen and oxygen atoms in total. The van der Waals surface area contributed by atoms with Gasteiger partial charge in [-0.1, -0.05) is 12.1 Å². The number of hydrogen-bond acceptors (Lipinski definition) is 4. The largest absolute Gasteiger partial charge is 0.463 e. The smallest absolute Gasteiger partial charge is 0.330 e. The first-order valence-corrected chi connectivity index (χ1v) is 5.94. The topological polar surface area (TPSA) is 49.8 Å². The van der Waals surface area contributed by atoms with Crippen LogP contribution in [-0.2, 0) is 9.53 Å². The normalized spacial score (nSPS) is 10.6. The summed E-state index contributed by atoms with van der Waals surface area (Å²) < 4.78 is 4.80. The van der Waals surface area contributed by atoms with Crippen LogP contribution >= 0.6 is 0 Å². The third-order valence-electron chi connectivity index (χ3n) is 2.47. The van der Waals surface area contributed by atoms with Crippen LogP contribution in [0.1, 0.15) is 12.5 Å². The van der Waals surface area contributed by atoms with Gasteiger partial charge < -0.3 is 14.7 Å². The van der Waals surface area contributed by atoms with Crippen molar-refractivity contribution in [1.29, 1.82) is 0 Å². The summed E-state index contributed by atoms with van der Waals surface area (Å²) in [5, 5.41) is 8.84. The zero-order valence-corrected chi connectivity index (χ0v) is 10.8. The maximum Gasteiger partial charge on any atom is 0.330 e. The average molecular weight is 249 g/mol. The van der Waals surface area contributed by atoms with E-state index in [0.717, 1.165) is 11.3 Å². The van der Waals surface area contributed by atoms with Crippen molar-refractivity contribution < 1.29 is 14.6 Å². The van der Waals surface area contributed by atoms with Gasteiger partial charge in [0.1, 0.15) is 0 Å². The molecule has 0 bridgehead atoms. The number of rotatable bonds is 6. The number of nitrogens with zero attached hydrogens (tertiary/aromatic N) is 1. The summed E-state index contributed by atoms with van der Waals surface area (Å²) in [4.78, 5) is 13.1. The number of likely N-dealkylation sites (N-methyl/N-ethyl adjacent to an activating group) is 1. The summed E-state index contributed by atoms with van der Waals surface area (Å²) in [5.74, 6) is -0.334. The van der Waals surface area contributed by atoms with Crippen LogP contribution in [0.5, 0.6) is 0 Å². The predicted molar refractivity (Wildman–Crippen MR) is 72.5 cm³/mol. The van der Waals surface area contributed by atoms with Crippen LogP contribution in [0.2, 0.25) is 0 Å². The van der Waals surface area contributed by atoms with E-state index >= 15 is 0 Å². The van der Waals surface area contributed by atoms with Crippen molar-refractivity contribution in [2.45, 2.75) is 6.92 Å². The van der Waals surface area contributed by atoms with E-state index in [0.29, 0.717) is 13.2 Å². The van der Waals surface area contributed by atoms with Gasteiger partial charge in [0.05, 0.1) is 13.2 Å². The Bertz CT molecular complexity index is 398. The van der Waals surface area contributed by atoms with Gasteiger partial charge in [0, 0.05) is 25.4 Å². The lowest BCUT2D eigenvalue weighted by Crippen LogP contribution is -2.20. The monoisotopic (exact) mass is 249 g/mol. The third-order valence-corrected chi connectivity index (χ3v) is 2.47. The molecule has 0 aliphatic heterocycles. The number of aliphatic hydroxyl groups excluding tert-OH is 1. The molecule has 0 fully saturated rings. The maximum atomic E-state index is 11.1. The molecule has 0 amide bonds. The number of benzene rings is 1. The molecule has 1 rings (SSSR count). The molecule has 0 atom stereocenters. The fraction of sp³-hybridized carbons (Fsp3) is 0.357. The molecule has 0 saturated carbocycles. The van der Waals surface area contributed by atoms with Crippen molar-refractivity contribution in [3.05, 3.63) is 35.9 Å². The first kappa shape index (κ1) is 14.3. The van der Waals surface area contributed by atoms with Gasteiger partial charge in [-0.25, -0.2) is 4.79 Å². The summed E-state index contributed by atoms with van der Waals surface area (Å²) >= 11 is 0. The molecule has 0 unspecified atom stereocenters. The van der Waals surface area contributed by atoms with Crippen LogP contribution < -0.4 is 4.90 Å². The molecule has 0 saturated heterocycles. The van der Waals surface area contributed by atoms with Gasteiger partial charge in [-0.2, -0.15) is 0 Å². The lowest BCUT2D eigenvalue weighted by Gasteiger charge is -2.17. The quantitative estimate of drug-likeness (QED) is 0.615. The third kappa shape index (κ3) is 4.59. The summed E-state index contributed by atoms with van der Waals surface area (Å²) in [6.45, 7) is 2.88. The lowest BCUT2D eigenvalue weighted by molar-refractivity contribution is -0.137. The van der Waals surface area contributed by atoms with Crippen LogP contribution in [0, 0.1) is 0 Å². The van der Waals surface area contributed by atoms with Gasteiger partial charge in [-0.15, -0.1) is 0 Å². The van der Waals surface area contributed by atoms with Gasteiger partial charge in [0.25, 0.3) is 0 Å². The lowest BCUT2D eigenvalue weighted by atomic mass is 10.2. The Labute approximate surface area is 107 Å². The molecule has 0 radical (unpaired) electrons. The van der Waals surface area contributed by atoms with Crippen molar-refractivity contribution in [1.82, 2.24) is 0 Å². The molecule has 98 valence electrons. The Morgan fingerprint density at radius 1 is 1.39 bits per heavy atom. The number of aliphatic hydroxyl groups is 1.